The normalized spacial score (nSPS) is 16.1. The summed E-state index contributed by atoms with van der Waals surface area (Å²) in [7, 11) is 0. The number of nitrogens with zero attached hydrogens (tertiary/aromatic N) is 2. The Morgan fingerprint density at radius 3 is 2.75 bits per heavy atom. The van der Waals surface area contributed by atoms with Crippen LogP contribution in [0.4, 0.5) is 0 Å². The molecule has 0 aliphatic carbocycles. The van der Waals surface area contributed by atoms with Crippen LogP contribution in [0.1, 0.15) is 27.1 Å². The number of hydrogen-bond donors (Lipinski definition) is 0. The molecule has 0 bridgehead atoms. The summed E-state index contributed by atoms with van der Waals surface area (Å²) in [5.74, 6) is 0.153. The van der Waals surface area contributed by atoms with Gasteiger partial charge in [-0.05, 0) is 34.9 Å². The number of fused-ring (bicyclic) bond motifs is 1. The molecule has 0 fully saturated rings. The Kier molecular flexibility index (Phi) is 4.84. The van der Waals surface area contributed by atoms with Crippen molar-refractivity contribution in [1.29, 1.82) is 0 Å². The Bertz CT molecular complexity index is 1080. The molecule has 1 atom stereocenters. The van der Waals surface area contributed by atoms with Crippen LogP contribution in [0.25, 0.3) is 10.6 Å². The van der Waals surface area contributed by atoms with Gasteiger partial charge in [0.2, 0.25) is 5.91 Å². The van der Waals surface area contributed by atoms with E-state index in [0.717, 1.165) is 29.2 Å². The zero-order chi connectivity index (χ0) is 18.9. The van der Waals surface area contributed by atoms with E-state index in [1.807, 2.05) is 28.5 Å². The van der Waals surface area contributed by atoms with Crippen molar-refractivity contribution in [3.8, 4) is 10.6 Å². The minimum atomic E-state index is 0.0368. The first kappa shape index (κ1) is 17.8. The molecule has 0 saturated carbocycles. The van der Waals surface area contributed by atoms with E-state index in [4.69, 9.17) is 4.98 Å². The van der Waals surface area contributed by atoms with Crippen molar-refractivity contribution in [2.24, 2.45) is 0 Å². The molecule has 0 radical (unpaired) electrons. The molecule has 0 N–H and O–H groups in total. The number of thiazole rings is 1. The van der Waals surface area contributed by atoms with Crippen LogP contribution in [-0.4, -0.2) is 22.3 Å². The van der Waals surface area contributed by atoms with Crippen LogP contribution < -0.4 is 0 Å². The molecule has 0 saturated heterocycles. The number of rotatable bonds is 4. The van der Waals surface area contributed by atoms with E-state index in [1.165, 1.54) is 15.3 Å². The lowest BCUT2D eigenvalue weighted by Gasteiger charge is -2.35. The van der Waals surface area contributed by atoms with Gasteiger partial charge < -0.3 is 4.90 Å². The predicted octanol–water partition coefficient (Wildman–Crippen LogP) is 5.65. The second-order valence-corrected chi connectivity index (χ2v) is 9.58. The highest BCUT2D eigenvalue weighted by atomic mass is 32.1. The molecule has 1 aliphatic rings. The third-order valence-electron chi connectivity index (χ3n) is 5.00. The molecule has 28 heavy (non-hydrogen) atoms. The number of aromatic nitrogens is 1. The van der Waals surface area contributed by atoms with Gasteiger partial charge in [-0.15, -0.1) is 34.0 Å². The first-order valence-corrected chi connectivity index (χ1v) is 11.8. The van der Waals surface area contributed by atoms with Crippen molar-refractivity contribution in [3.63, 3.8) is 0 Å². The molecule has 3 nitrogen and oxygen atoms in total. The first-order chi connectivity index (χ1) is 13.8. The third kappa shape index (κ3) is 3.32. The third-order valence-corrected chi connectivity index (χ3v) is 7.87. The van der Waals surface area contributed by atoms with E-state index in [-0.39, 0.29) is 11.9 Å². The highest BCUT2D eigenvalue weighted by Gasteiger charge is 2.33. The molecule has 4 heterocycles. The van der Waals surface area contributed by atoms with Crippen LogP contribution in [0.3, 0.4) is 0 Å². The number of amides is 1. The molecule has 1 aliphatic heterocycles. The summed E-state index contributed by atoms with van der Waals surface area (Å²) in [6, 6.07) is 16.6. The quantitative estimate of drug-likeness (QED) is 0.426. The van der Waals surface area contributed by atoms with Gasteiger partial charge in [-0.2, -0.15) is 0 Å². The minimum absolute atomic E-state index is 0.0368. The number of carbonyl (C=O) groups is 1. The van der Waals surface area contributed by atoms with Crippen LogP contribution in [0.15, 0.2) is 64.7 Å². The second-order valence-electron chi connectivity index (χ2n) is 6.74. The summed E-state index contributed by atoms with van der Waals surface area (Å²) in [5.41, 5.74) is 3.24. The number of hydrogen-bond acceptors (Lipinski definition) is 5. The summed E-state index contributed by atoms with van der Waals surface area (Å²) < 4.78 is 0. The second kappa shape index (κ2) is 7.62. The summed E-state index contributed by atoms with van der Waals surface area (Å²) in [6.45, 7) is 0.768. The van der Waals surface area contributed by atoms with Crippen molar-refractivity contribution < 1.29 is 4.79 Å². The van der Waals surface area contributed by atoms with Gasteiger partial charge in [0.05, 0.1) is 18.2 Å². The van der Waals surface area contributed by atoms with Gasteiger partial charge in [-0.1, -0.05) is 36.4 Å². The molecule has 1 amide bonds. The fourth-order valence-electron chi connectivity index (χ4n) is 3.70. The van der Waals surface area contributed by atoms with Crippen LogP contribution in [0.5, 0.6) is 0 Å². The Hall–Kier alpha value is -2.28. The van der Waals surface area contributed by atoms with Gasteiger partial charge in [0.15, 0.2) is 0 Å². The molecule has 140 valence electrons. The topological polar surface area (TPSA) is 33.2 Å². The molecule has 5 rings (SSSR count). The van der Waals surface area contributed by atoms with Crippen LogP contribution >= 0.6 is 34.0 Å². The minimum Gasteiger partial charge on any atom is -0.330 e. The average Bonchev–Trinajstić information content (AvgIpc) is 3.49. The van der Waals surface area contributed by atoms with E-state index in [0.29, 0.717) is 6.42 Å². The summed E-state index contributed by atoms with van der Waals surface area (Å²) in [5, 5.41) is 7.22. The SMILES string of the molecule is O=C(Cc1csc(-c2ccccc2)n1)N1CCc2sccc2C1c1cccs1. The highest BCUT2D eigenvalue weighted by molar-refractivity contribution is 7.13. The lowest BCUT2D eigenvalue weighted by Crippen LogP contribution is -2.40. The number of thiophene rings is 2. The van der Waals surface area contributed by atoms with Crippen molar-refractivity contribution >= 4 is 39.9 Å². The summed E-state index contributed by atoms with van der Waals surface area (Å²) in [4.78, 5) is 22.6. The molecule has 0 spiro atoms. The smallest absolute Gasteiger partial charge is 0.229 e. The van der Waals surface area contributed by atoms with Crippen molar-refractivity contribution in [3.05, 3.63) is 85.7 Å². The largest absolute Gasteiger partial charge is 0.330 e. The van der Waals surface area contributed by atoms with Gasteiger partial charge in [0.25, 0.3) is 0 Å². The van der Waals surface area contributed by atoms with Crippen molar-refractivity contribution in [2.45, 2.75) is 18.9 Å². The average molecular weight is 423 g/mol. The number of carbonyl (C=O) groups excluding carboxylic acids is 1. The standard InChI is InChI=1S/C22H18N2OS3/c25-20(13-16-14-28-22(23-16)15-5-2-1-3-6-15)24-10-8-18-17(9-12-27-18)21(24)19-7-4-11-26-19/h1-7,9,11-12,14,21H,8,10,13H2. The molecule has 4 aromatic rings. The van der Waals surface area contributed by atoms with E-state index in [9.17, 15) is 4.79 Å². The highest BCUT2D eigenvalue weighted by Crippen LogP contribution is 2.39. The van der Waals surface area contributed by atoms with E-state index in [2.05, 4.69) is 41.1 Å². The molecular formula is C22H18N2OS3. The zero-order valence-electron chi connectivity index (χ0n) is 15.1. The molecular weight excluding hydrogens is 404 g/mol. The maximum atomic E-state index is 13.2. The lowest BCUT2D eigenvalue weighted by molar-refractivity contribution is -0.132. The Morgan fingerprint density at radius 2 is 1.93 bits per heavy atom. The van der Waals surface area contributed by atoms with Gasteiger partial charge in [0.1, 0.15) is 5.01 Å². The van der Waals surface area contributed by atoms with Crippen LogP contribution in [0.2, 0.25) is 0 Å². The van der Waals surface area contributed by atoms with E-state index >= 15 is 0 Å². The Labute approximate surface area is 175 Å². The Morgan fingerprint density at radius 1 is 1.04 bits per heavy atom. The van der Waals surface area contributed by atoms with Crippen molar-refractivity contribution in [2.75, 3.05) is 6.54 Å². The summed E-state index contributed by atoms with van der Waals surface area (Å²) >= 11 is 5.13. The molecule has 1 aromatic carbocycles. The van der Waals surface area contributed by atoms with Gasteiger partial charge in [-0.25, -0.2) is 4.98 Å². The predicted molar refractivity (Wildman–Crippen MR) is 117 cm³/mol. The van der Waals surface area contributed by atoms with Gasteiger partial charge in [0, 0.05) is 27.2 Å². The van der Waals surface area contributed by atoms with Crippen molar-refractivity contribution in [1.82, 2.24) is 9.88 Å². The molecule has 6 heteroatoms. The Balaban J connectivity index is 1.40. The fourth-order valence-corrected chi connectivity index (χ4v) is 6.28. The van der Waals surface area contributed by atoms with Crippen LogP contribution in [0, 0.1) is 0 Å². The van der Waals surface area contributed by atoms with Gasteiger partial charge >= 0.3 is 0 Å². The molecule has 3 aromatic heterocycles. The maximum Gasteiger partial charge on any atom is 0.229 e. The first-order valence-electron chi connectivity index (χ1n) is 9.18. The number of benzene rings is 1. The molecule has 1 unspecified atom stereocenters. The fraction of sp³-hybridized carbons (Fsp3) is 0.182. The zero-order valence-corrected chi connectivity index (χ0v) is 17.5. The lowest BCUT2D eigenvalue weighted by atomic mass is 9.98. The van der Waals surface area contributed by atoms with E-state index < -0.39 is 0 Å². The van der Waals surface area contributed by atoms with Gasteiger partial charge in [-0.3, -0.25) is 4.79 Å². The maximum absolute atomic E-state index is 13.2. The monoisotopic (exact) mass is 422 g/mol. The van der Waals surface area contributed by atoms with Crippen LogP contribution in [-0.2, 0) is 17.6 Å². The summed E-state index contributed by atoms with van der Waals surface area (Å²) in [6.07, 6.45) is 1.29. The van der Waals surface area contributed by atoms with E-state index in [1.54, 1.807) is 34.0 Å².